The van der Waals surface area contributed by atoms with Gasteiger partial charge < -0.3 is 14.8 Å². The molecule has 4 nitrogen and oxygen atoms in total. The minimum Gasteiger partial charge on any atom is -0.345 e. The van der Waals surface area contributed by atoms with Crippen LogP contribution in [-0.4, -0.2) is 34.5 Å². The number of piperidine rings is 1. The smallest absolute Gasteiger partial charge is 0.223 e. The van der Waals surface area contributed by atoms with Gasteiger partial charge in [-0.25, -0.2) is 0 Å². The maximum Gasteiger partial charge on any atom is 0.223 e. The van der Waals surface area contributed by atoms with E-state index in [9.17, 15) is 4.79 Å². The molecule has 0 radical (unpaired) electrons. The summed E-state index contributed by atoms with van der Waals surface area (Å²) in [5.41, 5.74) is 2.58. The summed E-state index contributed by atoms with van der Waals surface area (Å²) in [6.45, 7) is 7.20. The first-order valence-electron chi connectivity index (χ1n) is 8.35. The van der Waals surface area contributed by atoms with Crippen molar-refractivity contribution in [1.29, 1.82) is 0 Å². The predicted molar refractivity (Wildman–Crippen MR) is 84.2 cm³/mol. The van der Waals surface area contributed by atoms with Gasteiger partial charge in [-0.3, -0.25) is 4.79 Å². The molecule has 21 heavy (non-hydrogen) atoms. The van der Waals surface area contributed by atoms with Gasteiger partial charge in [-0.1, -0.05) is 6.42 Å². The fourth-order valence-electron chi connectivity index (χ4n) is 3.77. The lowest BCUT2D eigenvalue weighted by atomic mass is 10.00. The number of aromatic nitrogens is 1. The van der Waals surface area contributed by atoms with Crippen LogP contribution in [0.5, 0.6) is 0 Å². The lowest BCUT2D eigenvalue weighted by molar-refractivity contribution is -0.134. The van der Waals surface area contributed by atoms with E-state index in [1.165, 1.54) is 30.7 Å². The van der Waals surface area contributed by atoms with Gasteiger partial charge in [0.2, 0.25) is 5.91 Å². The van der Waals surface area contributed by atoms with Crippen LogP contribution in [0.15, 0.2) is 12.1 Å². The molecule has 116 valence electrons. The summed E-state index contributed by atoms with van der Waals surface area (Å²) in [6.07, 6.45) is 5.48. The number of aryl methyl sites for hydroxylation is 1. The molecule has 1 aromatic heterocycles. The summed E-state index contributed by atoms with van der Waals surface area (Å²) in [7, 11) is 0. The first-order chi connectivity index (χ1) is 10.2. The quantitative estimate of drug-likeness (QED) is 0.929. The van der Waals surface area contributed by atoms with Crippen LogP contribution in [0, 0.1) is 6.92 Å². The molecule has 3 rings (SSSR count). The van der Waals surface area contributed by atoms with Gasteiger partial charge in [0.05, 0.1) is 6.04 Å². The molecule has 1 fully saturated rings. The molecule has 2 aliphatic rings. The van der Waals surface area contributed by atoms with Gasteiger partial charge in [-0.2, -0.15) is 0 Å². The number of carbonyl (C=O) groups is 1. The van der Waals surface area contributed by atoms with Crippen molar-refractivity contribution in [3.63, 3.8) is 0 Å². The van der Waals surface area contributed by atoms with Gasteiger partial charge in [-0.15, -0.1) is 0 Å². The Balaban J connectivity index is 1.58. The molecule has 2 aliphatic heterocycles. The Kier molecular flexibility index (Phi) is 4.34. The summed E-state index contributed by atoms with van der Waals surface area (Å²) in [6, 6.07) is 5.08. The highest BCUT2D eigenvalue weighted by Gasteiger charge is 2.28. The maximum atomic E-state index is 12.6. The van der Waals surface area contributed by atoms with Gasteiger partial charge in [0.15, 0.2) is 0 Å². The Morgan fingerprint density at radius 2 is 2.19 bits per heavy atom. The van der Waals surface area contributed by atoms with Crippen molar-refractivity contribution < 1.29 is 4.79 Å². The van der Waals surface area contributed by atoms with Crippen molar-refractivity contribution in [2.24, 2.45) is 0 Å². The van der Waals surface area contributed by atoms with Crippen LogP contribution in [0.25, 0.3) is 0 Å². The third-order valence-electron chi connectivity index (χ3n) is 5.13. The van der Waals surface area contributed by atoms with E-state index in [-0.39, 0.29) is 6.04 Å². The fraction of sp³-hybridized carbons (Fsp3) is 0.706. The number of fused-ring (bicyclic) bond motifs is 1. The molecule has 0 bridgehead atoms. The predicted octanol–water partition coefficient (Wildman–Crippen LogP) is 2.62. The van der Waals surface area contributed by atoms with Crippen LogP contribution in [-0.2, 0) is 11.3 Å². The van der Waals surface area contributed by atoms with E-state index in [0.29, 0.717) is 18.4 Å². The van der Waals surface area contributed by atoms with Crippen molar-refractivity contribution in [1.82, 2.24) is 14.8 Å². The van der Waals surface area contributed by atoms with Crippen molar-refractivity contribution >= 4 is 5.91 Å². The third-order valence-corrected chi connectivity index (χ3v) is 5.13. The monoisotopic (exact) mass is 289 g/mol. The Morgan fingerprint density at radius 3 is 2.95 bits per heavy atom. The van der Waals surface area contributed by atoms with Crippen molar-refractivity contribution in [3.8, 4) is 0 Å². The van der Waals surface area contributed by atoms with E-state index in [0.717, 1.165) is 26.1 Å². The highest BCUT2D eigenvalue weighted by molar-refractivity contribution is 5.76. The Labute approximate surface area is 127 Å². The Morgan fingerprint density at radius 1 is 1.33 bits per heavy atom. The molecule has 0 aromatic carbocycles. The Hall–Kier alpha value is -1.29. The lowest BCUT2D eigenvalue weighted by Gasteiger charge is -2.36. The first kappa shape index (κ1) is 14.6. The molecule has 2 unspecified atom stereocenters. The SMILES string of the molecule is Cc1ccc2n1CCN(C(=O)CCC1CCCCN1)C2C. The van der Waals surface area contributed by atoms with E-state index < -0.39 is 0 Å². The molecular formula is C17H27N3O. The van der Waals surface area contributed by atoms with E-state index in [1.807, 2.05) is 0 Å². The van der Waals surface area contributed by atoms with E-state index >= 15 is 0 Å². The molecule has 1 N–H and O–H groups in total. The largest absolute Gasteiger partial charge is 0.345 e. The molecule has 4 heteroatoms. The maximum absolute atomic E-state index is 12.6. The van der Waals surface area contributed by atoms with Crippen molar-refractivity contribution in [2.45, 2.75) is 64.6 Å². The molecular weight excluding hydrogens is 262 g/mol. The number of nitrogens with one attached hydrogen (secondary N) is 1. The van der Waals surface area contributed by atoms with Crippen LogP contribution in [0.3, 0.4) is 0 Å². The fourth-order valence-corrected chi connectivity index (χ4v) is 3.77. The second-order valence-electron chi connectivity index (χ2n) is 6.50. The van der Waals surface area contributed by atoms with Gasteiger partial charge in [0, 0.05) is 36.9 Å². The van der Waals surface area contributed by atoms with E-state index in [2.05, 4.69) is 40.8 Å². The summed E-state index contributed by atoms with van der Waals surface area (Å²) in [5, 5.41) is 3.53. The number of hydrogen-bond donors (Lipinski definition) is 1. The average Bonchev–Trinajstić information content (AvgIpc) is 2.89. The third kappa shape index (κ3) is 3.00. The highest BCUT2D eigenvalue weighted by Crippen LogP contribution is 2.28. The average molecular weight is 289 g/mol. The van der Waals surface area contributed by atoms with Crippen molar-refractivity contribution in [3.05, 3.63) is 23.5 Å². The van der Waals surface area contributed by atoms with E-state index in [1.54, 1.807) is 0 Å². The first-order valence-corrected chi connectivity index (χ1v) is 8.35. The number of amides is 1. The molecule has 1 saturated heterocycles. The summed E-state index contributed by atoms with van der Waals surface area (Å²) < 4.78 is 2.34. The number of carbonyl (C=O) groups excluding carboxylic acids is 1. The van der Waals surface area contributed by atoms with E-state index in [4.69, 9.17) is 0 Å². The lowest BCUT2D eigenvalue weighted by Crippen LogP contribution is -2.42. The van der Waals surface area contributed by atoms with Gasteiger partial charge in [0.1, 0.15) is 0 Å². The van der Waals surface area contributed by atoms with Crippen LogP contribution in [0.1, 0.15) is 56.5 Å². The number of hydrogen-bond acceptors (Lipinski definition) is 2. The topological polar surface area (TPSA) is 37.3 Å². The second kappa shape index (κ2) is 6.22. The zero-order valence-corrected chi connectivity index (χ0v) is 13.3. The summed E-state index contributed by atoms with van der Waals surface area (Å²) in [5.74, 6) is 0.319. The van der Waals surface area contributed by atoms with Crippen molar-refractivity contribution in [2.75, 3.05) is 13.1 Å². The molecule has 3 heterocycles. The molecule has 2 atom stereocenters. The molecule has 0 aliphatic carbocycles. The second-order valence-corrected chi connectivity index (χ2v) is 6.50. The highest BCUT2D eigenvalue weighted by atomic mass is 16.2. The van der Waals surface area contributed by atoms with Gasteiger partial charge in [0.25, 0.3) is 0 Å². The normalized spacial score (nSPS) is 25.7. The van der Waals surface area contributed by atoms with Crippen LogP contribution < -0.4 is 5.32 Å². The Bertz CT molecular complexity index is 502. The zero-order valence-electron chi connectivity index (χ0n) is 13.3. The molecule has 1 amide bonds. The summed E-state index contributed by atoms with van der Waals surface area (Å²) in [4.78, 5) is 14.6. The summed E-state index contributed by atoms with van der Waals surface area (Å²) >= 11 is 0. The molecule has 0 spiro atoms. The van der Waals surface area contributed by atoms with Gasteiger partial charge in [-0.05, 0) is 51.8 Å². The number of rotatable bonds is 3. The van der Waals surface area contributed by atoms with Gasteiger partial charge >= 0.3 is 0 Å². The van der Waals surface area contributed by atoms with Crippen LogP contribution >= 0.6 is 0 Å². The number of nitrogens with zero attached hydrogens (tertiary/aromatic N) is 2. The minimum absolute atomic E-state index is 0.208. The van der Waals surface area contributed by atoms with Crippen LogP contribution in [0.2, 0.25) is 0 Å². The standard InChI is InChI=1S/C17H27N3O/c1-13-6-8-16-14(2)20(12-11-19(13)16)17(21)9-7-15-5-3-4-10-18-15/h6,8,14-15,18H,3-5,7,9-12H2,1-2H3. The molecule has 1 aromatic rings. The van der Waals surface area contributed by atoms with Crippen LogP contribution in [0.4, 0.5) is 0 Å². The molecule has 0 saturated carbocycles. The zero-order chi connectivity index (χ0) is 14.8. The minimum atomic E-state index is 0.208.